The quantitative estimate of drug-likeness (QED) is 0.534. The molecule has 0 bridgehead atoms. The van der Waals surface area contributed by atoms with Crippen LogP contribution in [0.15, 0.2) is 65.5 Å². The number of fused-ring (bicyclic) bond motifs is 3. The average Bonchev–Trinajstić information content (AvgIpc) is 3.05. The molecule has 2 heterocycles. The van der Waals surface area contributed by atoms with Gasteiger partial charge in [-0.15, -0.1) is 0 Å². The van der Waals surface area contributed by atoms with Gasteiger partial charge in [0.2, 0.25) is 0 Å². The number of nitrogens with zero attached hydrogens (tertiary/aromatic N) is 2. The summed E-state index contributed by atoms with van der Waals surface area (Å²) in [6.07, 6.45) is 0. The van der Waals surface area contributed by atoms with Gasteiger partial charge in [-0.25, -0.2) is 9.59 Å². The summed E-state index contributed by atoms with van der Waals surface area (Å²) in [7, 11) is 1.35. The average molecular weight is 346 g/mol. The lowest BCUT2D eigenvalue weighted by molar-refractivity contribution is 0.0600. The first kappa shape index (κ1) is 16.1. The van der Waals surface area contributed by atoms with Crippen molar-refractivity contribution in [1.29, 1.82) is 0 Å². The number of esters is 1. The summed E-state index contributed by atoms with van der Waals surface area (Å²) < 4.78 is 8.22. The van der Waals surface area contributed by atoms with Gasteiger partial charge in [-0.1, -0.05) is 48.5 Å². The van der Waals surface area contributed by atoms with Crippen molar-refractivity contribution in [3.8, 4) is 0 Å². The first-order valence-electron chi connectivity index (χ1n) is 8.37. The number of aromatic nitrogens is 2. The molecule has 0 radical (unpaired) electrons. The molecule has 0 spiro atoms. The van der Waals surface area contributed by atoms with E-state index in [0.717, 1.165) is 16.5 Å². The maximum absolute atomic E-state index is 13.3. The normalized spacial score (nSPS) is 11.2. The lowest BCUT2D eigenvalue weighted by Gasteiger charge is -2.15. The third-order valence-electron chi connectivity index (χ3n) is 4.73. The summed E-state index contributed by atoms with van der Waals surface area (Å²) in [6, 6.07) is 19.2. The van der Waals surface area contributed by atoms with Gasteiger partial charge in [-0.2, -0.15) is 0 Å². The van der Waals surface area contributed by atoms with E-state index in [1.165, 1.54) is 7.11 Å². The molecule has 0 saturated heterocycles. The highest BCUT2D eigenvalue weighted by molar-refractivity contribution is 6.01. The van der Waals surface area contributed by atoms with E-state index in [-0.39, 0.29) is 5.69 Å². The topological polar surface area (TPSA) is 52.7 Å². The molecule has 0 unspecified atom stereocenters. The Balaban J connectivity index is 2.10. The zero-order chi connectivity index (χ0) is 18.3. The SMILES string of the molecule is COC(=O)c1c(C)n(Cc2ccccc2)c(=O)n2c1cc1ccccc12. The van der Waals surface area contributed by atoms with Gasteiger partial charge in [0.25, 0.3) is 0 Å². The number of methoxy groups -OCH3 is 1. The highest BCUT2D eigenvalue weighted by atomic mass is 16.5. The molecule has 130 valence electrons. The van der Waals surface area contributed by atoms with Crippen LogP contribution in [0.3, 0.4) is 0 Å². The highest BCUT2D eigenvalue weighted by Crippen LogP contribution is 2.24. The number of carbonyl (C=O) groups is 1. The summed E-state index contributed by atoms with van der Waals surface area (Å²) in [5.74, 6) is -0.447. The number of carbonyl (C=O) groups excluding carboxylic acids is 1. The maximum Gasteiger partial charge on any atom is 0.341 e. The minimum Gasteiger partial charge on any atom is -0.465 e. The summed E-state index contributed by atoms with van der Waals surface area (Å²) in [4.78, 5) is 25.8. The maximum atomic E-state index is 13.3. The summed E-state index contributed by atoms with van der Waals surface area (Å²) in [5, 5.41) is 0.909. The van der Waals surface area contributed by atoms with Gasteiger partial charge in [0.1, 0.15) is 5.56 Å². The zero-order valence-corrected chi connectivity index (χ0v) is 14.6. The van der Waals surface area contributed by atoms with Crippen LogP contribution in [-0.2, 0) is 11.3 Å². The molecule has 4 aromatic rings. The fourth-order valence-corrected chi connectivity index (χ4v) is 3.44. The fraction of sp³-hybridized carbons (Fsp3) is 0.143. The van der Waals surface area contributed by atoms with Gasteiger partial charge in [0.15, 0.2) is 0 Å². The van der Waals surface area contributed by atoms with Crippen molar-refractivity contribution in [2.45, 2.75) is 13.5 Å². The van der Waals surface area contributed by atoms with Crippen LogP contribution < -0.4 is 5.69 Å². The van der Waals surface area contributed by atoms with Crippen molar-refractivity contribution >= 4 is 22.4 Å². The van der Waals surface area contributed by atoms with Crippen molar-refractivity contribution < 1.29 is 9.53 Å². The van der Waals surface area contributed by atoms with Gasteiger partial charge in [-0.3, -0.25) is 8.97 Å². The van der Waals surface area contributed by atoms with Crippen LogP contribution in [0.5, 0.6) is 0 Å². The molecule has 2 aromatic heterocycles. The van der Waals surface area contributed by atoms with Crippen LogP contribution >= 0.6 is 0 Å². The molecule has 2 aromatic carbocycles. The predicted octanol–water partition coefficient (Wildman–Crippen LogP) is 3.40. The standard InChI is InChI=1S/C21H18N2O3/c1-14-19(20(24)26-2)18-12-16-10-6-7-11-17(16)23(18)21(25)22(14)13-15-8-4-3-5-9-15/h3-12H,13H2,1-2H3. The number of ether oxygens (including phenoxy) is 1. The summed E-state index contributed by atoms with van der Waals surface area (Å²) >= 11 is 0. The van der Waals surface area contributed by atoms with Gasteiger partial charge in [-0.05, 0) is 24.6 Å². The number of para-hydroxylation sites is 1. The highest BCUT2D eigenvalue weighted by Gasteiger charge is 2.22. The molecule has 4 rings (SSSR count). The Morgan fingerprint density at radius 3 is 2.42 bits per heavy atom. The Morgan fingerprint density at radius 2 is 1.69 bits per heavy atom. The van der Waals surface area contributed by atoms with E-state index in [0.29, 0.717) is 23.3 Å². The van der Waals surface area contributed by atoms with Gasteiger partial charge < -0.3 is 4.74 Å². The second-order valence-corrected chi connectivity index (χ2v) is 6.23. The van der Waals surface area contributed by atoms with Crippen LogP contribution in [0.2, 0.25) is 0 Å². The first-order valence-corrected chi connectivity index (χ1v) is 8.37. The van der Waals surface area contributed by atoms with E-state index in [9.17, 15) is 9.59 Å². The summed E-state index contributed by atoms with van der Waals surface area (Å²) in [5.41, 5.74) is 3.18. The van der Waals surface area contributed by atoms with Gasteiger partial charge in [0, 0.05) is 11.1 Å². The molecule has 5 heteroatoms. The Bertz CT molecular complexity index is 1190. The van der Waals surface area contributed by atoms with E-state index < -0.39 is 5.97 Å². The van der Waals surface area contributed by atoms with Crippen LogP contribution in [0.25, 0.3) is 16.4 Å². The fourth-order valence-electron chi connectivity index (χ4n) is 3.44. The molecule has 0 fully saturated rings. The van der Waals surface area contributed by atoms with E-state index >= 15 is 0 Å². The minimum absolute atomic E-state index is 0.171. The molecule has 0 aliphatic heterocycles. The smallest absolute Gasteiger partial charge is 0.341 e. The van der Waals surface area contributed by atoms with Crippen molar-refractivity contribution in [3.63, 3.8) is 0 Å². The van der Waals surface area contributed by atoms with Crippen LogP contribution in [0.4, 0.5) is 0 Å². The number of rotatable bonds is 3. The Labute approximate surface area is 150 Å². The van der Waals surface area contributed by atoms with E-state index in [4.69, 9.17) is 4.74 Å². The third kappa shape index (κ3) is 2.40. The van der Waals surface area contributed by atoms with Crippen LogP contribution in [-0.4, -0.2) is 22.0 Å². The largest absolute Gasteiger partial charge is 0.465 e. The summed E-state index contributed by atoms with van der Waals surface area (Å²) in [6.45, 7) is 2.17. The van der Waals surface area contributed by atoms with Crippen molar-refractivity contribution in [1.82, 2.24) is 8.97 Å². The molecule has 0 aliphatic carbocycles. The van der Waals surface area contributed by atoms with Crippen molar-refractivity contribution in [2.75, 3.05) is 7.11 Å². The van der Waals surface area contributed by atoms with Crippen molar-refractivity contribution in [2.24, 2.45) is 0 Å². The second-order valence-electron chi connectivity index (χ2n) is 6.23. The Hall–Kier alpha value is -3.34. The number of hydrogen-bond donors (Lipinski definition) is 0. The first-order chi connectivity index (χ1) is 12.6. The third-order valence-corrected chi connectivity index (χ3v) is 4.73. The van der Waals surface area contributed by atoms with E-state index in [1.54, 1.807) is 15.9 Å². The Morgan fingerprint density at radius 1 is 1.00 bits per heavy atom. The molecule has 0 saturated carbocycles. The molecule has 0 N–H and O–H groups in total. The minimum atomic E-state index is -0.447. The second kappa shape index (κ2) is 6.19. The van der Waals surface area contributed by atoms with Gasteiger partial charge >= 0.3 is 11.7 Å². The monoisotopic (exact) mass is 346 g/mol. The molecule has 0 atom stereocenters. The molecular formula is C21H18N2O3. The lowest BCUT2D eigenvalue weighted by Crippen LogP contribution is -2.31. The van der Waals surface area contributed by atoms with E-state index in [1.807, 2.05) is 60.7 Å². The number of benzene rings is 2. The molecule has 26 heavy (non-hydrogen) atoms. The Kier molecular flexibility index (Phi) is 3.84. The molecule has 0 aliphatic rings. The molecule has 0 amide bonds. The predicted molar refractivity (Wildman–Crippen MR) is 101 cm³/mol. The van der Waals surface area contributed by atoms with E-state index in [2.05, 4.69) is 0 Å². The number of hydrogen-bond acceptors (Lipinski definition) is 3. The lowest BCUT2D eigenvalue weighted by atomic mass is 10.1. The van der Waals surface area contributed by atoms with Crippen LogP contribution in [0, 0.1) is 6.92 Å². The van der Waals surface area contributed by atoms with Gasteiger partial charge in [0.05, 0.1) is 24.7 Å². The molecule has 5 nitrogen and oxygen atoms in total. The molecular weight excluding hydrogens is 328 g/mol. The van der Waals surface area contributed by atoms with Crippen molar-refractivity contribution in [3.05, 3.63) is 88.0 Å². The zero-order valence-electron chi connectivity index (χ0n) is 14.6. The van der Waals surface area contributed by atoms with Crippen LogP contribution in [0.1, 0.15) is 21.6 Å².